The fraction of sp³-hybridized carbons (Fsp3) is 0.391. The fourth-order valence-corrected chi connectivity index (χ4v) is 5.11. The lowest BCUT2D eigenvalue weighted by Crippen LogP contribution is -2.13. The molecular weight excluding hydrogens is 318 g/mol. The summed E-state index contributed by atoms with van der Waals surface area (Å²) in [7, 11) is 0. The van der Waals surface area contributed by atoms with Crippen molar-refractivity contribution < 1.29 is 0 Å². The number of imidazole rings is 1. The van der Waals surface area contributed by atoms with Crippen molar-refractivity contribution in [2.24, 2.45) is 0 Å². The van der Waals surface area contributed by atoms with E-state index in [2.05, 4.69) is 61.7 Å². The van der Waals surface area contributed by atoms with Gasteiger partial charge in [0.15, 0.2) is 5.65 Å². The van der Waals surface area contributed by atoms with Crippen molar-refractivity contribution in [1.82, 2.24) is 14.4 Å². The number of rotatable bonds is 0. The second kappa shape index (κ2) is 4.64. The minimum atomic E-state index is 0.0370. The fourth-order valence-electron chi connectivity index (χ4n) is 5.11. The van der Waals surface area contributed by atoms with Gasteiger partial charge < -0.3 is 0 Å². The van der Waals surface area contributed by atoms with Crippen LogP contribution < -0.4 is 0 Å². The van der Waals surface area contributed by atoms with Crippen LogP contribution in [0.1, 0.15) is 68.7 Å². The molecule has 2 aliphatic rings. The average molecular weight is 341 g/mol. The number of fused-ring (bicyclic) bond motifs is 10. The van der Waals surface area contributed by atoms with Crippen LogP contribution in [0, 0.1) is 0 Å². The Kier molecular flexibility index (Phi) is 2.63. The maximum absolute atomic E-state index is 4.95. The average Bonchev–Trinajstić information content (AvgIpc) is 3.31. The van der Waals surface area contributed by atoms with Crippen LogP contribution in [0.25, 0.3) is 27.6 Å². The molecule has 0 amide bonds. The first-order valence-electron chi connectivity index (χ1n) is 9.75. The van der Waals surface area contributed by atoms with Gasteiger partial charge in [-0.25, -0.2) is 9.97 Å². The molecule has 0 saturated heterocycles. The van der Waals surface area contributed by atoms with Crippen LogP contribution in [0.3, 0.4) is 0 Å². The van der Waals surface area contributed by atoms with Gasteiger partial charge in [0.25, 0.3) is 0 Å². The maximum atomic E-state index is 4.95. The van der Waals surface area contributed by atoms with Crippen molar-refractivity contribution in [2.75, 3.05) is 0 Å². The maximum Gasteiger partial charge on any atom is 0.164 e. The number of pyridine rings is 2. The zero-order valence-corrected chi connectivity index (χ0v) is 15.6. The first-order chi connectivity index (χ1) is 12.5. The molecule has 1 fully saturated rings. The first-order valence-corrected chi connectivity index (χ1v) is 9.75. The van der Waals surface area contributed by atoms with Crippen LogP contribution in [-0.4, -0.2) is 14.4 Å². The van der Waals surface area contributed by atoms with Gasteiger partial charge in [0.2, 0.25) is 0 Å². The second-order valence-electron chi connectivity index (χ2n) is 9.19. The first kappa shape index (κ1) is 14.7. The van der Waals surface area contributed by atoms with E-state index in [4.69, 9.17) is 9.97 Å². The molecule has 2 aliphatic carbocycles. The van der Waals surface area contributed by atoms with Crippen molar-refractivity contribution in [3.05, 3.63) is 53.3 Å². The van der Waals surface area contributed by atoms with Gasteiger partial charge in [-0.1, -0.05) is 26.8 Å². The molecule has 2 unspecified atom stereocenters. The van der Waals surface area contributed by atoms with E-state index in [0.717, 1.165) is 34.3 Å². The molecule has 3 aromatic heterocycles. The summed E-state index contributed by atoms with van der Waals surface area (Å²) < 4.78 is 2.17. The molecule has 6 rings (SSSR count). The van der Waals surface area contributed by atoms with Gasteiger partial charge in [-0.15, -0.1) is 0 Å². The zero-order chi connectivity index (χ0) is 17.6. The minimum Gasteiger partial charge on any atom is -0.284 e. The highest BCUT2D eigenvalue weighted by molar-refractivity contribution is 5.98. The summed E-state index contributed by atoms with van der Waals surface area (Å²) in [6.45, 7) is 6.62. The van der Waals surface area contributed by atoms with Gasteiger partial charge in [0.1, 0.15) is 11.2 Å². The van der Waals surface area contributed by atoms with Crippen LogP contribution in [0.5, 0.6) is 0 Å². The van der Waals surface area contributed by atoms with Crippen molar-refractivity contribution in [3.63, 3.8) is 0 Å². The molecule has 1 saturated carbocycles. The molecule has 2 atom stereocenters. The molecule has 1 aromatic carbocycles. The second-order valence-corrected chi connectivity index (χ2v) is 9.19. The Labute approximate surface area is 153 Å². The lowest BCUT2D eigenvalue weighted by atomic mass is 9.90. The minimum absolute atomic E-state index is 0.0370. The SMILES string of the molecule is CC(C)(C)c1ccc2nc3c4cc5c(cc4ccn3c2n1)C1CCC5C1. The number of benzene rings is 1. The van der Waals surface area contributed by atoms with Gasteiger partial charge in [-0.05, 0) is 71.9 Å². The van der Waals surface area contributed by atoms with Crippen LogP contribution in [0.4, 0.5) is 0 Å². The number of hydrogen-bond acceptors (Lipinski definition) is 2. The zero-order valence-electron chi connectivity index (χ0n) is 15.6. The summed E-state index contributed by atoms with van der Waals surface area (Å²) in [6.07, 6.45) is 6.23. The Morgan fingerprint density at radius 1 is 0.923 bits per heavy atom. The molecule has 3 heterocycles. The van der Waals surface area contributed by atoms with E-state index in [1.54, 1.807) is 11.1 Å². The molecule has 3 nitrogen and oxygen atoms in total. The molecular formula is C23H23N3. The molecule has 2 bridgehead atoms. The van der Waals surface area contributed by atoms with Gasteiger partial charge in [0.05, 0.1) is 0 Å². The number of hydrogen-bond donors (Lipinski definition) is 0. The summed E-state index contributed by atoms with van der Waals surface area (Å²) in [5, 5.41) is 2.59. The summed E-state index contributed by atoms with van der Waals surface area (Å²) in [4.78, 5) is 9.91. The van der Waals surface area contributed by atoms with E-state index in [0.29, 0.717) is 0 Å². The molecule has 0 spiro atoms. The topological polar surface area (TPSA) is 30.2 Å². The third kappa shape index (κ3) is 1.83. The molecule has 0 radical (unpaired) electrons. The largest absolute Gasteiger partial charge is 0.284 e. The Morgan fingerprint density at radius 3 is 2.46 bits per heavy atom. The van der Waals surface area contributed by atoms with E-state index < -0.39 is 0 Å². The van der Waals surface area contributed by atoms with Gasteiger partial charge >= 0.3 is 0 Å². The molecule has 26 heavy (non-hydrogen) atoms. The van der Waals surface area contributed by atoms with Crippen molar-refractivity contribution in [1.29, 1.82) is 0 Å². The standard InChI is InChI=1S/C23H23N3/c1-23(2,3)20-7-6-19-22(25-20)26-9-8-15-11-16-13-4-5-14(10-13)17(16)12-18(15)21(26)24-19/h6-9,11-14H,4-5,10H2,1-3H3. The van der Waals surface area contributed by atoms with Crippen LogP contribution in [-0.2, 0) is 5.41 Å². The number of nitrogens with zero attached hydrogens (tertiary/aromatic N) is 3. The Hall–Kier alpha value is -2.42. The third-order valence-electron chi connectivity index (χ3n) is 6.52. The summed E-state index contributed by atoms with van der Waals surface area (Å²) in [6, 6.07) is 11.3. The van der Waals surface area contributed by atoms with E-state index in [1.807, 2.05) is 0 Å². The molecule has 4 aromatic rings. The Morgan fingerprint density at radius 2 is 1.69 bits per heavy atom. The predicted molar refractivity (Wildman–Crippen MR) is 106 cm³/mol. The molecule has 0 aliphatic heterocycles. The molecule has 130 valence electrons. The quantitative estimate of drug-likeness (QED) is 0.411. The Balaban J connectivity index is 1.67. The van der Waals surface area contributed by atoms with E-state index in [1.165, 1.54) is 30.0 Å². The van der Waals surface area contributed by atoms with Gasteiger partial charge in [-0.3, -0.25) is 4.40 Å². The highest BCUT2D eigenvalue weighted by atomic mass is 15.1. The Bertz CT molecular complexity index is 1210. The smallest absolute Gasteiger partial charge is 0.164 e. The van der Waals surface area contributed by atoms with Crippen LogP contribution in [0.2, 0.25) is 0 Å². The van der Waals surface area contributed by atoms with E-state index in [-0.39, 0.29) is 5.41 Å². The van der Waals surface area contributed by atoms with E-state index >= 15 is 0 Å². The van der Waals surface area contributed by atoms with Gasteiger partial charge in [0, 0.05) is 22.7 Å². The summed E-state index contributed by atoms with van der Waals surface area (Å²) in [5.74, 6) is 1.57. The lowest BCUT2D eigenvalue weighted by molar-refractivity contribution is 0.571. The monoisotopic (exact) mass is 341 g/mol. The van der Waals surface area contributed by atoms with Gasteiger partial charge in [-0.2, -0.15) is 0 Å². The molecule has 3 heteroatoms. The molecule has 0 N–H and O–H groups in total. The van der Waals surface area contributed by atoms with E-state index in [9.17, 15) is 0 Å². The van der Waals surface area contributed by atoms with Crippen molar-refractivity contribution >= 4 is 27.6 Å². The highest BCUT2D eigenvalue weighted by Crippen LogP contribution is 2.54. The summed E-state index contributed by atoms with van der Waals surface area (Å²) >= 11 is 0. The van der Waals surface area contributed by atoms with Crippen molar-refractivity contribution in [2.45, 2.75) is 57.3 Å². The predicted octanol–water partition coefficient (Wildman–Crippen LogP) is 5.70. The van der Waals surface area contributed by atoms with Crippen molar-refractivity contribution in [3.8, 4) is 0 Å². The lowest BCUT2D eigenvalue weighted by Gasteiger charge is -2.17. The van der Waals surface area contributed by atoms with Crippen LogP contribution >= 0.6 is 0 Å². The number of aromatic nitrogens is 3. The highest BCUT2D eigenvalue weighted by Gasteiger charge is 2.37. The third-order valence-corrected chi connectivity index (χ3v) is 6.52. The van der Waals surface area contributed by atoms with Crippen LogP contribution in [0.15, 0.2) is 36.5 Å². The summed E-state index contributed by atoms with van der Waals surface area (Å²) in [5.41, 5.74) is 7.32. The normalized spacial score (nSPS) is 22.0.